The lowest BCUT2D eigenvalue weighted by atomic mass is 10.1. The monoisotopic (exact) mass is 196 g/mol. The molecular formula is C10H16N2O2. The second kappa shape index (κ2) is 5.42. The molecule has 0 aliphatic rings. The van der Waals surface area contributed by atoms with Crippen molar-refractivity contribution in [1.29, 1.82) is 0 Å². The van der Waals surface area contributed by atoms with E-state index >= 15 is 0 Å². The van der Waals surface area contributed by atoms with Crippen LogP contribution >= 0.6 is 0 Å². The maximum Gasteiger partial charge on any atom is 0.316 e. The summed E-state index contributed by atoms with van der Waals surface area (Å²) in [4.78, 5) is 7.98. The number of ether oxygens (including phenoxy) is 2. The van der Waals surface area contributed by atoms with Crippen molar-refractivity contribution in [3.8, 4) is 11.8 Å². The van der Waals surface area contributed by atoms with Crippen molar-refractivity contribution in [1.82, 2.24) is 9.97 Å². The summed E-state index contributed by atoms with van der Waals surface area (Å²) in [5.74, 6) is 1.27. The fourth-order valence-corrected chi connectivity index (χ4v) is 0.870. The van der Waals surface area contributed by atoms with Crippen molar-refractivity contribution >= 4 is 0 Å². The first-order valence-corrected chi connectivity index (χ1v) is 4.71. The lowest BCUT2D eigenvalue weighted by Gasteiger charge is -2.06. The number of aromatic nitrogens is 2. The molecule has 0 saturated heterocycles. The minimum Gasteiger partial charge on any atom is -0.494 e. The van der Waals surface area contributed by atoms with Gasteiger partial charge in [0.2, 0.25) is 0 Å². The molecule has 4 nitrogen and oxygen atoms in total. The van der Waals surface area contributed by atoms with Gasteiger partial charge in [-0.15, -0.1) is 0 Å². The lowest BCUT2D eigenvalue weighted by molar-refractivity contribution is 0.267. The van der Waals surface area contributed by atoms with Crippen LogP contribution in [0.1, 0.15) is 20.3 Å². The molecule has 14 heavy (non-hydrogen) atoms. The number of hydrogen-bond acceptors (Lipinski definition) is 4. The van der Waals surface area contributed by atoms with Gasteiger partial charge in [0, 0.05) is 0 Å². The zero-order valence-corrected chi connectivity index (χ0v) is 8.86. The number of rotatable bonds is 5. The molecule has 0 aromatic carbocycles. The molecule has 1 aromatic rings. The topological polar surface area (TPSA) is 44.2 Å². The number of nitrogens with zero attached hydrogens (tertiary/aromatic N) is 2. The first-order valence-electron chi connectivity index (χ1n) is 4.71. The van der Waals surface area contributed by atoms with Crippen molar-refractivity contribution in [2.75, 3.05) is 13.7 Å². The minimum absolute atomic E-state index is 0.409. The highest BCUT2D eigenvalue weighted by Gasteiger charge is 1.99. The molecule has 0 fully saturated rings. The quantitative estimate of drug-likeness (QED) is 0.721. The van der Waals surface area contributed by atoms with E-state index < -0.39 is 0 Å². The van der Waals surface area contributed by atoms with E-state index in [9.17, 15) is 0 Å². The Kier molecular flexibility index (Phi) is 4.16. The molecule has 0 bridgehead atoms. The van der Waals surface area contributed by atoms with Crippen LogP contribution in [0.2, 0.25) is 0 Å². The third-order valence-corrected chi connectivity index (χ3v) is 1.77. The molecule has 0 saturated carbocycles. The molecular weight excluding hydrogens is 180 g/mol. The molecule has 1 rings (SSSR count). The third kappa shape index (κ3) is 3.60. The van der Waals surface area contributed by atoms with Crippen molar-refractivity contribution in [2.24, 2.45) is 5.92 Å². The Balaban J connectivity index is 2.36. The van der Waals surface area contributed by atoms with Crippen molar-refractivity contribution in [3.05, 3.63) is 12.4 Å². The Morgan fingerprint density at radius 2 is 1.93 bits per heavy atom. The van der Waals surface area contributed by atoms with Crippen molar-refractivity contribution in [3.63, 3.8) is 0 Å². The molecule has 0 aliphatic heterocycles. The second-order valence-corrected chi connectivity index (χ2v) is 3.44. The van der Waals surface area contributed by atoms with Crippen LogP contribution in [0.25, 0.3) is 0 Å². The first-order chi connectivity index (χ1) is 6.72. The van der Waals surface area contributed by atoms with Crippen molar-refractivity contribution in [2.45, 2.75) is 20.3 Å². The Labute approximate surface area is 84.3 Å². The van der Waals surface area contributed by atoms with Gasteiger partial charge in [-0.2, -0.15) is 9.97 Å². The lowest BCUT2D eigenvalue weighted by Crippen LogP contribution is -2.03. The van der Waals surface area contributed by atoms with Crippen LogP contribution in [-0.4, -0.2) is 23.7 Å². The van der Waals surface area contributed by atoms with Gasteiger partial charge in [-0.3, -0.25) is 0 Å². The second-order valence-electron chi connectivity index (χ2n) is 3.44. The van der Waals surface area contributed by atoms with Gasteiger partial charge in [0.25, 0.3) is 0 Å². The molecule has 78 valence electrons. The van der Waals surface area contributed by atoms with Gasteiger partial charge in [-0.25, -0.2) is 0 Å². The van der Waals surface area contributed by atoms with Gasteiger partial charge >= 0.3 is 6.01 Å². The molecule has 4 heteroatoms. The third-order valence-electron chi connectivity index (χ3n) is 1.77. The van der Waals surface area contributed by atoms with Crippen LogP contribution in [0.4, 0.5) is 0 Å². The van der Waals surface area contributed by atoms with Crippen LogP contribution in [0, 0.1) is 5.92 Å². The van der Waals surface area contributed by atoms with Crippen LogP contribution in [-0.2, 0) is 0 Å². The highest BCUT2D eigenvalue weighted by Crippen LogP contribution is 2.09. The summed E-state index contributed by atoms with van der Waals surface area (Å²) >= 11 is 0. The molecule has 0 N–H and O–H groups in total. The van der Waals surface area contributed by atoms with E-state index in [1.165, 1.54) is 0 Å². The van der Waals surface area contributed by atoms with E-state index in [4.69, 9.17) is 9.47 Å². The molecule has 0 spiro atoms. The van der Waals surface area contributed by atoms with Gasteiger partial charge in [0.05, 0.1) is 26.1 Å². The molecule has 0 amide bonds. The van der Waals surface area contributed by atoms with E-state index in [1.807, 2.05) is 0 Å². The predicted molar refractivity (Wildman–Crippen MR) is 53.5 cm³/mol. The average molecular weight is 196 g/mol. The van der Waals surface area contributed by atoms with Gasteiger partial charge < -0.3 is 9.47 Å². The van der Waals surface area contributed by atoms with Gasteiger partial charge in [-0.1, -0.05) is 13.8 Å². The van der Waals surface area contributed by atoms with Crippen LogP contribution in [0.3, 0.4) is 0 Å². The Morgan fingerprint density at radius 1 is 1.29 bits per heavy atom. The summed E-state index contributed by atoms with van der Waals surface area (Å²) in [6.07, 6.45) is 4.20. The van der Waals surface area contributed by atoms with E-state index in [-0.39, 0.29) is 0 Å². The molecule has 0 radical (unpaired) electrons. The predicted octanol–water partition coefficient (Wildman–Crippen LogP) is 1.91. The fourth-order valence-electron chi connectivity index (χ4n) is 0.870. The Hall–Kier alpha value is -1.32. The SMILES string of the molecule is COc1cnc(OCCC(C)C)nc1. The van der Waals surface area contributed by atoms with E-state index in [0.717, 1.165) is 6.42 Å². The summed E-state index contributed by atoms with van der Waals surface area (Å²) in [5, 5.41) is 0. The highest BCUT2D eigenvalue weighted by atomic mass is 16.5. The summed E-state index contributed by atoms with van der Waals surface area (Å²) in [5.41, 5.74) is 0. The maximum absolute atomic E-state index is 5.34. The zero-order valence-electron chi connectivity index (χ0n) is 8.86. The van der Waals surface area contributed by atoms with E-state index in [2.05, 4.69) is 23.8 Å². The molecule has 1 heterocycles. The van der Waals surface area contributed by atoms with Crippen molar-refractivity contribution < 1.29 is 9.47 Å². The minimum atomic E-state index is 0.409. The normalized spacial score (nSPS) is 10.3. The Bertz CT molecular complexity index is 259. The van der Waals surface area contributed by atoms with E-state index in [0.29, 0.717) is 24.3 Å². The first kappa shape index (κ1) is 10.8. The molecule has 0 unspecified atom stereocenters. The van der Waals surface area contributed by atoms with E-state index in [1.54, 1.807) is 19.5 Å². The summed E-state index contributed by atoms with van der Waals surface area (Å²) in [6.45, 7) is 4.96. The van der Waals surface area contributed by atoms with Gasteiger partial charge in [-0.05, 0) is 12.3 Å². The largest absolute Gasteiger partial charge is 0.494 e. The highest BCUT2D eigenvalue weighted by molar-refractivity contribution is 5.13. The molecule has 1 aromatic heterocycles. The van der Waals surface area contributed by atoms with Crippen LogP contribution in [0.15, 0.2) is 12.4 Å². The number of methoxy groups -OCH3 is 1. The maximum atomic E-state index is 5.34. The molecule has 0 atom stereocenters. The van der Waals surface area contributed by atoms with Gasteiger partial charge in [0.1, 0.15) is 0 Å². The fraction of sp³-hybridized carbons (Fsp3) is 0.600. The van der Waals surface area contributed by atoms with Crippen LogP contribution < -0.4 is 9.47 Å². The van der Waals surface area contributed by atoms with Crippen LogP contribution in [0.5, 0.6) is 11.8 Å². The summed E-state index contributed by atoms with van der Waals surface area (Å²) in [6, 6.07) is 0.409. The zero-order chi connectivity index (χ0) is 10.4. The Morgan fingerprint density at radius 3 is 2.43 bits per heavy atom. The average Bonchev–Trinajstić information content (AvgIpc) is 2.18. The summed E-state index contributed by atoms with van der Waals surface area (Å²) in [7, 11) is 1.58. The standard InChI is InChI=1S/C10H16N2O2/c1-8(2)4-5-14-10-11-6-9(13-3)7-12-10/h6-8H,4-5H2,1-3H3. The number of hydrogen-bond donors (Lipinski definition) is 0. The smallest absolute Gasteiger partial charge is 0.316 e. The van der Waals surface area contributed by atoms with Gasteiger partial charge in [0.15, 0.2) is 5.75 Å². The molecule has 0 aliphatic carbocycles. The summed E-state index contributed by atoms with van der Waals surface area (Å²) < 4.78 is 10.3.